The molecule has 25 heavy (non-hydrogen) atoms. The van der Waals surface area contributed by atoms with Gasteiger partial charge in [-0.15, -0.1) is 11.8 Å². The van der Waals surface area contributed by atoms with Crippen molar-refractivity contribution in [3.8, 4) is 0 Å². The normalized spacial score (nSPS) is 10.5. The van der Waals surface area contributed by atoms with Crippen LogP contribution in [-0.2, 0) is 15.3 Å². The Hall–Kier alpha value is -2.28. The minimum Gasteiger partial charge on any atom is -0.452 e. The lowest BCUT2D eigenvalue weighted by molar-refractivity contribution is -0.124. The molecule has 2 rings (SSSR count). The Morgan fingerprint density at radius 3 is 2.84 bits per heavy atom. The number of carbonyl (C=O) groups is 2. The second kappa shape index (κ2) is 9.88. The topological polar surface area (TPSA) is 81.4 Å². The summed E-state index contributed by atoms with van der Waals surface area (Å²) in [5, 5.41) is 6.65. The maximum atomic E-state index is 12.3. The number of esters is 1. The Balaban J connectivity index is 1.89. The maximum Gasteiger partial charge on any atom is 0.339 e. The third kappa shape index (κ3) is 6.26. The lowest BCUT2D eigenvalue weighted by Crippen LogP contribution is -2.29. The van der Waals surface area contributed by atoms with E-state index in [4.69, 9.17) is 9.26 Å². The van der Waals surface area contributed by atoms with Gasteiger partial charge in [-0.05, 0) is 25.5 Å². The molecule has 2 aromatic rings. The molecule has 0 radical (unpaired) electrons. The molecule has 0 bridgehead atoms. The van der Waals surface area contributed by atoms with E-state index in [0.29, 0.717) is 17.9 Å². The fourth-order valence-electron chi connectivity index (χ4n) is 2.06. The van der Waals surface area contributed by atoms with E-state index in [-0.39, 0.29) is 12.5 Å². The number of rotatable bonds is 9. The second-order valence-electron chi connectivity index (χ2n) is 5.49. The van der Waals surface area contributed by atoms with Crippen molar-refractivity contribution in [2.75, 3.05) is 13.2 Å². The highest BCUT2D eigenvalue weighted by molar-refractivity contribution is 7.98. The van der Waals surface area contributed by atoms with Crippen molar-refractivity contribution < 1.29 is 18.8 Å². The van der Waals surface area contributed by atoms with Crippen molar-refractivity contribution in [3.05, 3.63) is 47.3 Å². The predicted octanol–water partition coefficient (Wildman–Crippen LogP) is 3.35. The molecule has 0 unspecified atom stereocenters. The molecule has 1 heterocycles. The number of ether oxygens (including phenoxy) is 1. The average Bonchev–Trinajstić information content (AvgIpc) is 3.04. The van der Waals surface area contributed by atoms with E-state index in [9.17, 15) is 9.59 Å². The molecule has 0 atom stereocenters. The number of amides is 1. The lowest BCUT2D eigenvalue weighted by Gasteiger charge is -2.09. The first-order chi connectivity index (χ1) is 12.1. The molecule has 1 amide bonds. The molecule has 0 saturated heterocycles. The number of aromatic nitrogens is 1. The van der Waals surface area contributed by atoms with Crippen LogP contribution in [0.15, 0.2) is 39.8 Å². The summed E-state index contributed by atoms with van der Waals surface area (Å²) in [7, 11) is 0. The molecule has 0 saturated carbocycles. The number of carbonyl (C=O) groups excluding carboxylic acids is 2. The van der Waals surface area contributed by atoms with Gasteiger partial charge in [-0.2, -0.15) is 0 Å². The minimum absolute atomic E-state index is 0.274. The zero-order valence-electron chi connectivity index (χ0n) is 14.4. The number of hydrogen-bond acceptors (Lipinski definition) is 6. The first kappa shape index (κ1) is 19.1. The van der Waals surface area contributed by atoms with Gasteiger partial charge < -0.3 is 14.6 Å². The second-order valence-corrected chi connectivity index (χ2v) is 6.51. The Bertz CT molecular complexity index is 715. The molecule has 134 valence electrons. The number of unbranched alkanes of at least 4 members (excludes halogenated alkanes) is 1. The Morgan fingerprint density at radius 2 is 2.12 bits per heavy atom. The van der Waals surface area contributed by atoms with Gasteiger partial charge in [-0.1, -0.05) is 30.6 Å². The first-order valence-corrected chi connectivity index (χ1v) is 9.16. The van der Waals surface area contributed by atoms with Crippen LogP contribution in [-0.4, -0.2) is 30.2 Å². The van der Waals surface area contributed by atoms with Crippen LogP contribution in [0.2, 0.25) is 0 Å². The SMILES string of the molecule is CCCCNC(=O)COC(=O)c1ccccc1SCc1cc(C)on1. The van der Waals surface area contributed by atoms with Gasteiger partial charge >= 0.3 is 5.97 Å². The highest BCUT2D eigenvalue weighted by Gasteiger charge is 2.15. The largest absolute Gasteiger partial charge is 0.452 e. The zero-order valence-corrected chi connectivity index (χ0v) is 15.2. The number of aryl methyl sites for hydroxylation is 1. The van der Waals surface area contributed by atoms with Crippen molar-refractivity contribution in [3.63, 3.8) is 0 Å². The molecule has 1 aromatic carbocycles. The van der Waals surface area contributed by atoms with Crippen molar-refractivity contribution >= 4 is 23.6 Å². The summed E-state index contributed by atoms with van der Waals surface area (Å²) in [6, 6.07) is 9.00. The number of nitrogens with zero attached hydrogens (tertiary/aromatic N) is 1. The minimum atomic E-state index is -0.509. The van der Waals surface area contributed by atoms with Crippen molar-refractivity contribution in [1.29, 1.82) is 0 Å². The van der Waals surface area contributed by atoms with Crippen LogP contribution in [0.4, 0.5) is 0 Å². The highest BCUT2D eigenvalue weighted by Crippen LogP contribution is 2.26. The number of nitrogens with one attached hydrogen (secondary N) is 1. The average molecular weight is 362 g/mol. The zero-order chi connectivity index (χ0) is 18.1. The van der Waals surface area contributed by atoms with Crippen molar-refractivity contribution in [1.82, 2.24) is 10.5 Å². The van der Waals surface area contributed by atoms with Gasteiger partial charge in [-0.3, -0.25) is 4.79 Å². The summed E-state index contributed by atoms with van der Waals surface area (Å²) in [5.41, 5.74) is 1.25. The highest BCUT2D eigenvalue weighted by atomic mass is 32.2. The van der Waals surface area contributed by atoms with Crippen molar-refractivity contribution in [2.24, 2.45) is 0 Å². The van der Waals surface area contributed by atoms with Gasteiger partial charge in [0.15, 0.2) is 6.61 Å². The molecule has 0 aliphatic rings. The lowest BCUT2D eigenvalue weighted by atomic mass is 10.2. The van der Waals surface area contributed by atoms with E-state index < -0.39 is 5.97 Å². The molecular weight excluding hydrogens is 340 g/mol. The Labute approximate surface area is 151 Å². The summed E-state index contributed by atoms with van der Waals surface area (Å²) in [5.74, 6) is 0.534. The molecule has 1 N–H and O–H groups in total. The molecule has 6 nitrogen and oxygen atoms in total. The summed E-state index contributed by atoms with van der Waals surface area (Å²) in [6.45, 7) is 4.19. The third-order valence-electron chi connectivity index (χ3n) is 3.35. The Kier molecular flexibility index (Phi) is 7.53. The van der Waals surface area contributed by atoms with E-state index in [1.807, 2.05) is 32.0 Å². The molecule has 0 spiro atoms. The first-order valence-electron chi connectivity index (χ1n) is 8.18. The molecule has 7 heteroatoms. The number of hydrogen-bond donors (Lipinski definition) is 1. The summed E-state index contributed by atoms with van der Waals surface area (Å²) >= 11 is 1.47. The van der Waals surface area contributed by atoms with Crippen LogP contribution < -0.4 is 5.32 Å². The smallest absolute Gasteiger partial charge is 0.339 e. The van der Waals surface area contributed by atoms with E-state index in [0.717, 1.165) is 29.2 Å². The predicted molar refractivity (Wildman–Crippen MR) is 95.4 cm³/mol. The Morgan fingerprint density at radius 1 is 1.32 bits per heavy atom. The number of thioether (sulfide) groups is 1. The third-order valence-corrected chi connectivity index (χ3v) is 4.45. The van der Waals surface area contributed by atoms with Gasteiger partial charge in [0.05, 0.1) is 11.3 Å². The summed E-state index contributed by atoms with van der Waals surface area (Å²) < 4.78 is 10.2. The summed E-state index contributed by atoms with van der Waals surface area (Å²) in [6.07, 6.45) is 1.90. The summed E-state index contributed by atoms with van der Waals surface area (Å²) in [4.78, 5) is 24.7. The van der Waals surface area contributed by atoms with Gasteiger partial charge in [-0.25, -0.2) is 4.79 Å². The molecule has 0 aliphatic heterocycles. The van der Waals surface area contributed by atoms with Crippen LogP contribution in [0.1, 0.15) is 41.6 Å². The van der Waals surface area contributed by atoms with Gasteiger partial charge in [0.25, 0.3) is 5.91 Å². The van der Waals surface area contributed by atoms with E-state index in [1.165, 1.54) is 11.8 Å². The monoisotopic (exact) mass is 362 g/mol. The number of benzene rings is 1. The van der Waals surface area contributed by atoms with E-state index in [1.54, 1.807) is 12.1 Å². The molecular formula is C18H22N2O4S. The molecule has 0 aliphatic carbocycles. The quantitative estimate of drug-likeness (QED) is 0.418. The van der Waals surface area contributed by atoms with Gasteiger partial charge in [0, 0.05) is 23.3 Å². The van der Waals surface area contributed by atoms with Crippen LogP contribution in [0.25, 0.3) is 0 Å². The van der Waals surface area contributed by atoms with Crippen LogP contribution >= 0.6 is 11.8 Å². The van der Waals surface area contributed by atoms with E-state index in [2.05, 4.69) is 10.5 Å². The van der Waals surface area contributed by atoms with Gasteiger partial charge in [0.1, 0.15) is 5.76 Å². The van der Waals surface area contributed by atoms with Gasteiger partial charge in [0.2, 0.25) is 0 Å². The van der Waals surface area contributed by atoms with Crippen molar-refractivity contribution in [2.45, 2.75) is 37.3 Å². The standard InChI is InChI=1S/C18H22N2O4S/c1-3-4-9-19-17(21)11-23-18(22)15-7-5-6-8-16(15)25-12-14-10-13(2)24-20-14/h5-8,10H,3-4,9,11-12H2,1-2H3,(H,19,21). The maximum absolute atomic E-state index is 12.3. The fourth-order valence-corrected chi connectivity index (χ4v) is 2.98. The van der Waals surface area contributed by atoms with Crippen LogP contribution in [0.3, 0.4) is 0 Å². The van der Waals surface area contributed by atoms with E-state index >= 15 is 0 Å². The molecule has 0 fully saturated rings. The van der Waals surface area contributed by atoms with Crippen LogP contribution in [0.5, 0.6) is 0 Å². The van der Waals surface area contributed by atoms with Crippen LogP contribution in [0, 0.1) is 6.92 Å². The molecule has 1 aromatic heterocycles. The fraction of sp³-hybridized carbons (Fsp3) is 0.389.